The molecule has 25 heavy (non-hydrogen) atoms. The van der Waals surface area contributed by atoms with Crippen molar-refractivity contribution in [2.75, 3.05) is 38.2 Å². The zero-order valence-electron chi connectivity index (χ0n) is 13.9. The van der Waals surface area contributed by atoms with Gasteiger partial charge in [-0.15, -0.1) is 0 Å². The van der Waals surface area contributed by atoms with Gasteiger partial charge in [0.15, 0.2) is 5.78 Å². The van der Waals surface area contributed by atoms with Crippen LogP contribution in [0, 0.1) is 0 Å². The number of benzene rings is 2. The summed E-state index contributed by atoms with van der Waals surface area (Å²) in [5.74, 6) is -0.229. The van der Waals surface area contributed by atoms with Crippen LogP contribution in [0.15, 0.2) is 54.6 Å². The standard InChI is InChI=1S/C19H22N2O4/c22-11-13-25-12-10-20-14-18(23)21-17-8-6-16(7-9-17)19(24)15-4-2-1-3-5-15/h1-9,20,22H,10-14H2,(H,21,23). The van der Waals surface area contributed by atoms with Gasteiger partial charge in [0.2, 0.25) is 5.91 Å². The Kier molecular flexibility index (Phi) is 7.78. The summed E-state index contributed by atoms with van der Waals surface area (Å²) in [5.41, 5.74) is 1.84. The number of carbonyl (C=O) groups excluding carboxylic acids is 2. The smallest absolute Gasteiger partial charge is 0.238 e. The number of ketones is 1. The molecule has 0 radical (unpaired) electrons. The monoisotopic (exact) mass is 342 g/mol. The quantitative estimate of drug-likeness (QED) is 0.449. The lowest BCUT2D eigenvalue weighted by Crippen LogP contribution is -2.30. The molecule has 0 fully saturated rings. The maximum Gasteiger partial charge on any atom is 0.238 e. The molecule has 6 heteroatoms. The Labute approximate surface area is 146 Å². The summed E-state index contributed by atoms with van der Waals surface area (Å²) < 4.78 is 5.08. The van der Waals surface area contributed by atoms with E-state index < -0.39 is 0 Å². The third kappa shape index (κ3) is 6.46. The molecule has 0 aliphatic heterocycles. The molecule has 0 spiro atoms. The highest BCUT2D eigenvalue weighted by molar-refractivity contribution is 6.09. The van der Waals surface area contributed by atoms with E-state index in [1.807, 2.05) is 18.2 Å². The lowest BCUT2D eigenvalue weighted by Gasteiger charge is -2.08. The second-order valence-electron chi connectivity index (χ2n) is 5.33. The molecule has 0 atom stereocenters. The van der Waals surface area contributed by atoms with Gasteiger partial charge in [0.05, 0.1) is 26.4 Å². The number of aliphatic hydroxyl groups is 1. The van der Waals surface area contributed by atoms with Crippen LogP contribution < -0.4 is 10.6 Å². The number of carbonyl (C=O) groups is 2. The molecule has 0 heterocycles. The first-order chi connectivity index (χ1) is 12.2. The van der Waals surface area contributed by atoms with Crippen LogP contribution in [0.3, 0.4) is 0 Å². The molecule has 0 bridgehead atoms. The summed E-state index contributed by atoms with van der Waals surface area (Å²) >= 11 is 0. The maximum atomic E-state index is 12.3. The molecule has 0 aliphatic rings. The van der Waals surface area contributed by atoms with E-state index in [1.165, 1.54) is 0 Å². The Morgan fingerprint density at radius 2 is 1.60 bits per heavy atom. The van der Waals surface area contributed by atoms with Crippen molar-refractivity contribution in [3.05, 3.63) is 65.7 Å². The fourth-order valence-electron chi connectivity index (χ4n) is 2.18. The van der Waals surface area contributed by atoms with Crippen LogP contribution in [0.4, 0.5) is 5.69 Å². The molecule has 1 amide bonds. The Balaban J connectivity index is 1.78. The molecule has 2 aromatic carbocycles. The molecule has 0 unspecified atom stereocenters. The van der Waals surface area contributed by atoms with Crippen molar-refractivity contribution in [1.82, 2.24) is 5.32 Å². The lowest BCUT2D eigenvalue weighted by molar-refractivity contribution is -0.115. The Morgan fingerprint density at radius 3 is 2.28 bits per heavy atom. The van der Waals surface area contributed by atoms with Gasteiger partial charge in [-0.1, -0.05) is 30.3 Å². The van der Waals surface area contributed by atoms with Gasteiger partial charge in [-0.3, -0.25) is 9.59 Å². The van der Waals surface area contributed by atoms with Gasteiger partial charge in [0.1, 0.15) is 0 Å². The highest BCUT2D eigenvalue weighted by atomic mass is 16.5. The lowest BCUT2D eigenvalue weighted by atomic mass is 10.0. The fourth-order valence-corrected chi connectivity index (χ4v) is 2.18. The van der Waals surface area contributed by atoms with Crippen LogP contribution in [0.1, 0.15) is 15.9 Å². The van der Waals surface area contributed by atoms with Crippen molar-refractivity contribution < 1.29 is 19.4 Å². The van der Waals surface area contributed by atoms with Gasteiger partial charge in [0, 0.05) is 23.4 Å². The van der Waals surface area contributed by atoms with E-state index in [-0.39, 0.29) is 24.8 Å². The summed E-state index contributed by atoms with van der Waals surface area (Å²) in [6.07, 6.45) is 0. The second-order valence-corrected chi connectivity index (χ2v) is 5.33. The first kappa shape index (κ1) is 18.8. The molecule has 2 rings (SSSR count). The molecule has 132 valence electrons. The van der Waals surface area contributed by atoms with Crippen molar-refractivity contribution in [3.8, 4) is 0 Å². The molecule has 0 aliphatic carbocycles. The summed E-state index contributed by atoms with van der Waals surface area (Å²) in [6, 6.07) is 15.9. The van der Waals surface area contributed by atoms with Gasteiger partial charge < -0.3 is 20.5 Å². The normalized spacial score (nSPS) is 10.4. The van der Waals surface area contributed by atoms with Crippen molar-refractivity contribution in [3.63, 3.8) is 0 Å². The van der Waals surface area contributed by atoms with E-state index in [9.17, 15) is 9.59 Å². The summed E-state index contributed by atoms with van der Waals surface area (Å²) in [4.78, 5) is 24.1. The van der Waals surface area contributed by atoms with Gasteiger partial charge in [-0.25, -0.2) is 0 Å². The van der Waals surface area contributed by atoms with E-state index >= 15 is 0 Å². The second kappa shape index (κ2) is 10.4. The maximum absolute atomic E-state index is 12.3. The zero-order valence-corrected chi connectivity index (χ0v) is 13.9. The predicted molar refractivity (Wildman–Crippen MR) is 95.7 cm³/mol. The van der Waals surface area contributed by atoms with Crippen molar-refractivity contribution in [2.24, 2.45) is 0 Å². The highest BCUT2D eigenvalue weighted by Gasteiger charge is 2.08. The minimum atomic E-state index is -0.177. The SMILES string of the molecule is O=C(CNCCOCCO)Nc1ccc(C(=O)c2ccccc2)cc1. The Morgan fingerprint density at radius 1 is 0.920 bits per heavy atom. The number of nitrogens with one attached hydrogen (secondary N) is 2. The van der Waals surface area contributed by atoms with Crippen LogP contribution in [-0.2, 0) is 9.53 Å². The number of hydrogen-bond donors (Lipinski definition) is 3. The van der Waals surface area contributed by atoms with Crippen molar-refractivity contribution in [1.29, 1.82) is 0 Å². The number of anilines is 1. The molecular weight excluding hydrogens is 320 g/mol. The summed E-state index contributed by atoms with van der Waals surface area (Å²) in [5, 5.41) is 14.3. The molecule has 0 aromatic heterocycles. The minimum Gasteiger partial charge on any atom is -0.394 e. The van der Waals surface area contributed by atoms with Crippen molar-refractivity contribution in [2.45, 2.75) is 0 Å². The predicted octanol–water partition coefficient (Wildman–Crippen LogP) is 1.45. The molecule has 6 nitrogen and oxygen atoms in total. The highest BCUT2D eigenvalue weighted by Crippen LogP contribution is 2.13. The Bertz CT molecular complexity index is 672. The van der Waals surface area contributed by atoms with Crippen molar-refractivity contribution >= 4 is 17.4 Å². The molecule has 2 aromatic rings. The van der Waals surface area contributed by atoms with Crippen LogP contribution in [-0.4, -0.2) is 49.7 Å². The average molecular weight is 342 g/mol. The van der Waals surface area contributed by atoms with Gasteiger partial charge in [-0.2, -0.15) is 0 Å². The number of rotatable bonds is 10. The van der Waals surface area contributed by atoms with E-state index in [0.29, 0.717) is 36.6 Å². The number of hydrogen-bond acceptors (Lipinski definition) is 5. The largest absolute Gasteiger partial charge is 0.394 e. The first-order valence-electron chi connectivity index (χ1n) is 8.09. The van der Waals surface area contributed by atoms with Crippen LogP contribution >= 0.6 is 0 Å². The summed E-state index contributed by atoms with van der Waals surface area (Å²) in [7, 11) is 0. The topological polar surface area (TPSA) is 87.7 Å². The van der Waals surface area contributed by atoms with Crippen LogP contribution in [0.25, 0.3) is 0 Å². The van der Waals surface area contributed by atoms with Crippen LogP contribution in [0.5, 0.6) is 0 Å². The fraction of sp³-hybridized carbons (Fsp3) is 0.263. The van der Waals surface area contributed by atoms with E-state index in [0.717, 1.165) is 0 Å². The number of aliphatic hydroxyl groups excluding tert-OH is 1. The number of amides is 1. The van der Waals surface area contributed by atoms with Gasteiger partial charge in [0.25, 0.3) is 0 Å². The molecular formula is C19H22N2O4. The average Bonchev–Trinajstić information content (AvgIpc) is 2.65. The zero-order chi connectivity index (χ0) is 17.9. The molecule has 0 saturated heterocycles. The Hall–Kier alpha value is -2.54. The third-order valence-electron chi connectivity index (χ3n) is 3.41. The van der Waals surface area contributed by atoms with E-state index in [4.69, 9.17) is 9.84 Å². The van der Waals surface area contributed by atoms with Gasteiger partial charge in [-0.05, 0) is 24.3 Å². The van der Waals surface area contributed by atoms with Gasteiger partial charge >= 0.3 is 0 Å². The molecule has 0 saturated carbocycles. The third-order valence-corrected chi connectivity index (χ3v) is 3.41. The first-order valence-corrected chi connectivity index (χ1v) is 8.09. The minimum absolute atomic E-state index is 0.0107. The number of ether oxygens (including phenoxy) is 1. The summed E-state index contributed by atoms with van der Waals surface area (Å²) in [6.45, 7) is 1.40. The van der Waals surface area contributed by atoms with Crippen LogP contribution in [0.2, 0.25) is 0 Å². The van der Waals surface area contributed by atoms with E-state index in [1.54, 1.807) is 36.4 Å². The van der Waals surface area contributed by atoms with E-state index in [2.05, 4.69) is 10.6 Å². The molecule has 3 N–H and O–H groups in total.